The number of rotatable bonds is 9. The Morgan fingerprint density at radius 2 is 1.77 bits per heavy atom. The number of nitrogens with zero attached hydrogens (tertiary/aromatic N) is 2. The molecule has 2 aromatic rings. The summed E-state index contributed by atoms with van der Waals surface area (Å²) in [6.45, 7) is -0.446. The first kappa shape index (κ1) is 23.5. The van der Waals surface area contributed by atoms with Crippen LogP contribution in [0.3, 0.4) is 0 Å². The van der Waals surface area contributed by atoms with Crippen LogP contribution >= 0.6 is 11.6 Å². The van der Waals surface area contributed by atoms with Crippen molar-refractivity contribution in [1.82, 2.24) is 9.73 Å². The Balaban J connectivity index is 2.05. The van der Waals surface area contributed by atoms with Crippen LogP contribution < -0.4 is 19.6 Å². The summed E-state index contributed by atoms with van der Waals surface area (Å²) < 4.78 is 41.6. The smallest absolute Gasteiger partial charge is 0.255 e. The fraction of sp³-hybridized carbons (Fsp3) is 0.263. The Hall–Kier alpha value is -2.82. The molecule has 0 fully saturated rings. The maximum atomic E-state index is 12.6. The highest BCUT2D eigenvalue weighted by atomic mass is 35.5. The van der Waals surface area contributed by atoms with E-state index in [1.54, 1.807) is 18.2 Å². The van der Waals surface area contributed by atoms with Gasteiger partial charge in [-0.25, -0.2) is 13.8 Å². The number of carbonyl (C=O) groups excluding carboxylic acids is 1. The molecule has 30 heavy (non-hydrogen) atoms. The quantitative estimate of drug-likeness (QED) is 0.458. The molecule has 2 rings (SSSR count). The standard InChI is InChI=1S/C19H22ClN3O6S/c1-23(30(25,26)15-6-8-18(29-4)16(20)10-15)12-19(24)22-21-11-13-9-14(27-2)5-7-17(13)28-3/h5-11H,12H2,1-4H3,(H,22,24). The van der Waals surface area contributed by atoms with E-state index < -0.39 is 22.5 Å². The van der Waals surface area contributed by atoms with Crippen molar-refractivity contribution < 1.29 is 27.4 Å². The molecule has 1 N–H and O–H groups in total. The lowest BCUT2D eigenvalue weighted by atomic mass is 10.2. The van der Waals surface area contributed by atoms with Crippen molar-refractivity contribution in [2.75, 3.05) is 34.9 Å². The first-order valence-corrected chi connectivity index (χ1v) is 10.4. The molecule has 0 aliphatic carbocycles. The summed E-state index contributed by atoms with van der Waals surface area (Å²) in [6, 6.07) is 9.15. The molecule has 9 nitrogen and oxygen atoms in total. The van der Waals surface area contributed by atoms with Crippen molar-refractivity contribution in [2.24, 2.45) is 5.10 Å². The van der Waals surface area contributed by atoms with Crippen LogP contribution in [0.5, 0.6) is 17.2 Å². The van der Waals surface area contributed by atoms with Crippen LogP contribution in [0.15, 0.2) is 46.4 Å². The van der Waals surface area contributed by atoms with Gasteiger partial charge in [-0.15, -0.1) is 0 Å². The largest absolute Gasteiger partial charge is 0.497 e. The number of sulfonamides is 1. The first-order chi connectivity index (χ1) is 14.2. The fourth-order valence-corrected chi connectivity index (χ4v) is 3.90. The fourth-order valence-electron chi connectivity index (χ4n) is 2.42. The molecule has 0 atom stereocenters. The number of hydrogen-bond acceptors (Lipinski definition) is 7. The lowest BCUT2D eigenvalue weighted by Crippen LogP contribution is -2.36. The van der Waals surface area contributed by atoms with E-state index >= 15 is 0 Å². The summed E-state index contributed by atoms with van der Waals surface area (Å²) in [4.78, 5) is 12.1. The minimum absolute atomic E-state index is 0.0618. The summed E-state index contributed by atoms with van der Waals surface area (Å²) >= 11 is 5.99. The summed E-state index contributed by atoms with van der Waals surface area (Å²) in [5, 5.41) is 4.00. The number of methoxy groups -OCH3 is 3. The van der Waals surface area contributed by atoms with Gasteiger partial charge in [0.05, 0.1) is 44.0 Å². The van der Waals surface area contributed by atoms with Gasteiger partial charge in [-0.3, -0.25) is 4.79 Å². The number of hydrazone groups is 1. The molecule has 0 radical (unpaired) electrons. The molecular weight excluding hydrogens is 434 g/mol. The van der Waals surface area contributed by atoms with Crippen LogP contribution in [0.25, 0.3) is 0 Å². The molecule has 2 aromatic carbocycles. The Morgan fingerprint density at radius 1 is 1.10 bits per heavy atom. The van der Waals surface area contributed by atoms with Crippen LogP contribution in [0.1, 0.15) is 5.56 Å². The van der Waals surface area contributed by atoms with Crippen molar-refractivity contribution in [3.8, 4) is 17.2 Å². The molecule has 11 heteroatoms. The van der Waals surface area contributed by atoms with Crippen LogP contribution in [0, 0.1) is 0 Å². The van der Waals surface area contributed by atoms with Gasteiger partial charge in [0.25, 0.3) is 5.91 Å². The summed E-state index contributed by atoms with van der Waals surface area (Å²) in [5.41, 5.74) is 2.86. The average molecular weight is 456 g/mol. The molecule has 0 aliphatic rings. The van der Waals surface area contributed by atoms with E-state index in [0.717, 1.165) is 4.31 Å². The van der Waals surface area contributed by atoms with Gasteiger partial charge in [0, 0.05) is 12.6 Å². The van der Waals surface area contributed by atoms with Gasteiger partial charge in [0.2, 0.25) is 10.0 Å². The van der Waals surface area contributed by atoms with E-state index in [0.29, 0.717) is 22.8 Å². The number of likely N-dealkylation sites (N-methyl/N-ethyl adjacent to an activating group) is 1. The highest BCUT2D eigenvalue weighted by Gasteiger charge is 2.24. The number of halogens is 1. The lowest BCUT2D eigenvalue weighted by Gasteiger charge is -2.16. The molecule has 0 aliphatic heterocycles. The van der Waals surface area contributed by atoms with Gasteiger partial charge in [-0.2, -0.15) is 9.41 Å². The van der Waals surface area contributed by atoms with Crippen LogP contribution in [0.2, 0.25) is 5.02 Å². The number of carbonyl (C=O) groups is 1. The lowest BCUT2D eigenvalue weighted by molar-refractivity contribution is -0.121. The molecule has 162 valence electrons. The molecule has 0 aromatic heterocycles. The molecular formula is C19H22ClN3O6S. The van der Waals surface area contributed by atoms with Crippen LogP contribution in [-0.2, 0) is 14.8 Å². The van der Waals surface area contributed by atoms with Gasteiger partial charge < -0.3 is 14.2 Å². The molecule has 0 unspecified atom stereocenters. The zero-order chi connectivity index (χ0) is 22.3. The molecule has 0 spiro atoms. The molecule has 1 amide bonds. The summed E-state index contributed by atoms with van der Waals surface area (Å²) in [7, 11) is 1.80. The van der Waals surface area contributed by atoms with Gasteiger partial charge in [-0.1, -0.05) is 11.6 Å². The van der Waals surface area contributed by atoms with E-state index in [4.69, 9.17) is 25.8 Å². The first-order valence-electron chi connectivity index (χ1n) is 8.56. The second-order valence-electron chi connectivity index (χ2n) is 5.96. The van der Waals surface area contributed by atoms with Crippen molar-refractivity contribution in [2.45, 2.75) is 4.90 Å². The van der Waals surface area contributed by atoms with Crippen LogP contribution in [-0.4, -0.2) is 59.8 Å². The minimum Gasteiger partial charge on any atom is -0.497 e. The highest BCUT2D eigenvalue weighted by Crippen LogP contribution is 2.28. The second kappa shape index (κ2) is 10.3. The van der Waals surface area contributed by atoms with E-state index in [1.165, 1.54) is 52.8 Å². The number of nitrogens with one attached hydrogen (secondary N) is 1. The van der Waals surface area contributed by atoms with E-state index in [1.807, 2.05) is 0 Å². The zero-order valence-electron chi connectivity index (χ0n) is 16.9. The van der Waals surface area contributed by atoms with Crippen molar-refractivity contribution >= 4 is 33.7 Å². The zero-order valence-corrected chi connectivity index (χ0v) is 18.5. The molecule has 0 heterocycles. The third-order valence-electron chi connectivity index (χ3n) is 4.03. The Labute approximate surface area is 180 Å². The van der Waals surface area contributed by atoms with Crippen molar-refractivity contribution in [3.05, 3.63) is 47.0 Å². The van der Waals surface area contributed by atoms with Gasteiger partial charge in [-0.05, 0) is 36.4 Å². The maximum Gasteiger partial charge on any atom is 0.255 e. The van der Waals surface area contributed by atoms with Crippen molar-refractivity contribution in [3.63, 3.8) is 0 Å². The summed E-state index contributed by atoms with van der Waals surface area (Å²) in [5.74, 6) is 0.842. The number of amides is 1. The minimum atomic E-state index is -3.93. The van der Waals surface area contributed by atoms with Gasteiger partial charge in [0.15, 0.2) is 0 Å². The maximum absolute atomic E-state index is 12.6. The third kappa shape index (κ3) is 5.62. The average Bonchev–Trinajstić information content (AvgIpc) is 2.73. The number of benzene rings is 2. The summed E-state index contributed by atoms with van der Waals surface area (Å²) in [6.07, 6.45) is 1.37. The van der Waals surface area contributed by atoms with Crippen LogP contribution in [0.4, 0.5) is 0 Å². The molecule has 0 saturated carbocycles. The topological polar surface area (TPSA) is 107 Å². The molecule has 0 bridgehead atoms. The number of hydrogen-bond donors (Lipinski definition) is 1. The monoisotopic (exact) mass is 455 g/mol. The predicted molar refractivity (Wildman–Crippen MR) is 113 cm³/mol. The van der Waals surface area contributed by atoms with Gasteiger partial charge >= 0.3 is 0 Å². The molecule has 0 saturated heterocycles. The highest BCUT2D eigenvalue weighted by molar-refractivity contribution is 7.89. The Kier molecular flexibility index (Phi) is 8.04. The SMILES string of the molecule is COc1ccc(OC)c(C=NNC(=O)CN(C)S(=O)(=O)c2ccc(OC)c(Cl)c2)c1. The van der Waals surface area contributed by atoms with E-state index in [-0.39, 0.29) is 9.92 Å². The normalized spacial score (nSPS) is 11.5. The van der Waals surface area contributed by atoms with Gasteiger partial charge in [0.1, 0.15) is 17.2 Å². The van der Waals surface area contributed by atoms with E-state index in [2.05, 4.69) is 10.5 Å². The third-order valence-corrected chi connectivity index (χ3v) is 6.12. The Morgan fingerprint density at radius 3 is 2.37 bits per heavy atom. The predicted octanol–water partition coefficient (Wildman–Crippen LogP) is 2.14. The second-order valence-corrected chi connectivity index (χ2v) is 8.41. The van der Waals surface area contributed by atoms with Crippen molar-refractivity contribution in [1.29, 1.82) is 0 Å². The van der Waals surface area contributed by atoms with E-state index in [9.17, 15) is 13.2 Å². The number of ether oxygens (including phenoxy) is 3. The Bertz CT molecular complexity index is 1040.